The van der Waals surface area contributed by atoms with Gasteiger partial charge in [-0.1, -0.05) is 166 Å². The van der Waals surface area contributed by atoms with Gasteiger partial charge in [0.15, 0.2) is 0 Å². The molecule has 5 heteroatoms. The average Bonchev–Trinajstić information content (AvgIpc) is 3.05. The summed E-state index contributed by atoms with van der Waals surface area (Å²) in [6, 6.07) is 0. The lowest BCUT2D eigenvalue weighted by Gasteiger charge is -2.25. The molecule has 0 saturated carbocycles. The highest BCUT2D eigenvalue weighted by Gasteiger charge is 2.28. The number of hydrogen-bond acceptors (Lipinski definition) is 5. The Morgan fingerprint density at radius 3 is 1.57 bits per heavy atom. The molecule has 0 aromatic heterocycles. The largest absolute Gasteiger partial charge is 0.466 e. The molecule has 0 aliphatic heterocycles. The van der Waals surface area contributed by atoms with Crippen LogP contribution >= 0.6 is 0 Å². The second-order valence-electron chi connectivity index (χ2n) is 17.7. The number of unbranched alkanes of at least 4 members (excludes halogenated alkanes) is 1. The normalized spacial score (nSPS) is 13.8. The van der Waals surface area contributed by atoms with Crippen molar-refractivity contribution in [3.8, 4) is 0 Å². The molecule has 0 heterocycles. The second-order valence-corrected chi connectivity index (χ2v) is 17.7. The predicted molar refractivity (Wildman–Crippen MR) is 225 cm³/mol. The summed E-state index contributed by atoms with van der Waals surface area (Å²) in [4.78, 5) is 25.8. The van der Waals surface area contributed by atoms with Crippen molar-refractivity contribution in [2.45, 2.75) is 200 Å². The van der Waals surface area contributed by atoms with Crippen molar-refractivity contribution in [1.29, 1.82) is 0 Å². The second kappa shape index (κ2) is 33.2. The van der Waals surface area contributed by atoms with Crippen LogP contribution in [0.1, 0.15) is 200 Å². The van der Waals surface area contributed by atoms with Crippen molar-refractivity contribution in [2.24, 2.45) is 40.4 Å². The number of rotatable bonds is 28. The van der Waals surface area contributed by atoms with E-state index in [-0.39, 0.29) is 22.8 Å². The Bertz CT molecular complexity index is 829. The number of ether oxygens (including phenoxy) is 2. The van der Waals surface area contributed by atoms with Crippen LogP contribution in [0.2, 0.25) is 0 Å². The van der Waals surface area contributed by atoms with Crippen LogP contribution in [0, 0.1) is 40.4 Å². The van der Waals surface area contributed by atoms with E-state index in [0.29, 0.717) is 25.6 Å². The smallest absolute Gasteiger partial charge is 0.311 e. The van der Waals surface area contributed by atoms with Crippen LogP contribution < -0.4 is 0 Å². The van der Waals surface area contributed by atoms with Crippen LogP contribution in [0.25, 0.3) is 0 Å². The molecule has 0 aliphatic carbocycles. The van der Waals surface area contributed by atoms with E-state index in [1.807, 2.05) is 47.9 Å². The lowest BCUT2D eigenvalue weighted by atomic mass is 9.81. The summed E-state index contributed by atoms with van der Waals surface area (Å²) in [6.45, 7) is 32.7. The molecule has 3 unspecified atom stereocenters. The molecule has 0 spiro atoms. The Kier molecular flexibility index (Phi) is 35.2. The molecule has 5 nitrogen and oxygen atoms in total. The zero-order valence-corrected chi connectivity index (χ0v) is 37.6. The Hall–Kier alpha value is -1.36. The highest BCUT2D eigenvalue weighted by atomic mass is 16.5. The predicted octanol–water partition coefficient (Wildman–Crippen LogP) is 13.7. The van der Waals surface area contributed by atoms with Crippen LogP contribution in [-0.2, 0) is 19.1 Å². The maximum Gasteiger partial charge on any atom is 0.311 e. The minimum absolute atomic E-state index is 0.0347. The van der Waals surface area contributed by atoms with E-state index in [1.165, 1.54) is 64.2 Å². The van der Waals surface area contributed by atoms with Gasteiger partial charge in [0.05, 0.1) is 12.0 Å². The summed E-state index contributed by atoms with van der Waals surface area (Å²) in [7, 11) is 4.06. The van der Waals surface area contributed by atoms with Crippen molar-refractivity contribution in [2.75, 3.05) is 33.9 Å². The zero-order chi connectivity index (χ0) is 39.9. The van der Waals surface area contributed by atoms with Gasteiger partial charge in [0.25, 0.3) is 0 Å². The van der Waals surface area contributed by atoms with Gasteiger partial charge in [-0.15, -0.1) is 0 Å². The van der Waals surface area contributed by atoms with Gasteiger partial charge < -0.3 is 14.4 Å². The van der Waals surface area contributed by atoms with Crippen LogP contribution in [0.15, 0.2) is 12.2 Å². The number of nitrogens with zero attached hydrogens (tertiary/aromatic N) is 1. The van der Waals surface area contributed by atoms with Gasteiger partial charge in [-0.3, -0.25) is 9.59 Å². The third-order valence-corrected chi connectivity index (χ3v) is 10.4. The molecular weight excluding hydrogens is 631 g/mol. The maximum atomic E-state index is 12.0. The Labute approximate surface area is 321 Å². The Balaban J connectivity index is -0.000000943. The number of esters is 2. The molecule has 0 rings (SSSR count). The number of hydrogen-bond donors (Lipinski definition) is 0. The van der Waals surface area contributed by atoms with Gasteiger partial charge in [-0.2, -0.15) is 0 Å². The Morgan fingerprint density at radius 2 is 1.14 bits per heavy atom. The van der Waals surface area contributed by atoms with Crippen molar-refractivity contribution in [3.63, 3.8) is 0 Å². The first-order valence-electron chi connectivity index (χ1n) is 21.5. The van der Waals surface area contributed by atoms with Gasteiger partial charge in [0.1, 0.15) is 6.61 Å². The summed E-state index contributed by atoms with van der Waals surface area (Å²) in [5.74, 6) is 3.81. The molecule has 0 fully saturated rings. The van der Waals surface area contributed by atoms with Crippen molar-refractivity contribution < 1.29 is 19.1 Å². The first kappa shape index (κ1) is 54.0. The highest BCUT2D eigenvalue weighted by molar-refractivity contribution is 5.75. The first-order chi connectivity index (χ1) is 23.8. The molecule has 306 valence electrons. The Morgan fingerprint density at radius 1 is 0.667 bits per heavy atom. The van der Waals surface area contributed by atoms with Crippen molar-refractivity contribution in [1.82, 2.24) is 4.90 Å². The third-order valence-electron chi connectivity index (χ3n) is 10.4. The summed E-state index contributed by atoms with van der Waals surface area (Å²) < 4.78 is 10.7. The van der Waals surface area contributed by atoms with Crippen molar-refractivity contribution in [3.05, 3.63) is 12.2 Å². The zero-order valence-electron chi connectivity index (χ0n) is 37.6. The monoisotopic (exact) mass is 724 g/mol. The summed E-state index contributed by atoms with van der Waals surface area (Å²) in [5.41, 5.74) is -0.221. The van der Waals surface area contributed by atoms with Crippen LogP contribution in [0.4, 0.5) is 0 Å². The summed E-state index contributed by atoms with van der Waals surface area (Å²) >= 11 is 0. The number of allylic oxidation sites excluding steroid dienone is 1. The molecule has 0 N–H and O–H groups in total. The van der Waals surface area contributed by atoms with Crippen LogP contribution in [0.3, 0.4) is 0 Å². The van der Waals surface area contributed by atoms with E-state index in [9.17, 15) is 9.59 Å². The molecule has 0 amide bonds. The fraction of sp³-hybridized carbons (Fsp3) is 0.913. The fourth-order valence-corrected chi connectivity index (χ4v) is 5.75. The number of carbonyl (C=O) groups excluding carboxylic acids is 2. The first-order valence-corrected chi connectivity index (χ1v) is 21.5. The average molecular weight is 724 g/mol. The molecule has 0 saturated heterocycles. The van der Waals surface area contributed by atoms with Gasteiger partial charge >= 0.3 is 11.9 Å². The summed E-state index contributed by atoms with van der Waals surface area (Å²) in [6.07, 6.45) is 23.2. The third kappa shape index (κ3) is 35.4. The van der Waals surface area contributed by atoms with E-state index in [1.54, 1.807) is 0 Å². The quantitative estimate of drug-likeness (QED) is 0.0457. The molecule has 0 aromatic rings. The highest BCUT2D eigenvalue weighted by Crippen LogP contribution is 2.28. The maximum absolute atomic E-state index is 12.0. The lowest BCUT2D eigenvalue weighted by molar-refractivity contribution is -0.153. The van der Waals surface area contributed by atoms with Crippen LogP contribution in [-0.4, -0.2) is 50.7 Å². The SMILES string of the molecule is CC.CC(C)CCCC(C)CCCC(C)CCCC(C)CCCOC(=O)CCCN(C)C.CCCCC(C)(C)C(=O)OC/C=C/C(C)(C)C(C)C. The lowest BCUT2D eigenvalue weighted by Crippen LogP contribution is -2.26. The van der Waals surface area contributed by atoms with E-state index in [0.717, 1.165) is 62.3 Å². The van der Waals surface area contributed by atoms with E-state index in [4.69, 9.17) is 9.47 Å². The van der Waals surface area contributed by atoms with Gasteiger partial charge in [0.2, 0.25) is 0 Å². The molecule has 51 heavy (non-hydrogen) atoms. The number of carbonyl (C=O) groups is 2. The topological polar surface area (TPSA) is 55.8 Å². The standard InChI is InChI=1S/C27H55NO2.C17H32O2.C2H6/c1-23(2)13-8-14-24(3)15-9-16-25(4)17-10-18-26(5)19-12-22-30-27(29)20-11-21-28(6)7;1-8-9-11-17(6,7)15(18)19-13-10-12-16(4,5)14(2)3;1-2/h23-26H,8-22H2,1-7H3;10,12,14H,8-9,11,13H2,1-7H3;1-2H3/b;12-10+;. The van der Waals surface area contributed by atoms with Gasteiger partial charge in [0, 0.05) is 6.42 Å². The van der Waals surface area contributed by atoms with Crippen LogP contribution in [0.5, 0.6) is 0 Å². The molecule has 3 atom stereocenters. The van der Waals surface area contributed by atoms with Gasteiger partial charge in [-0.25, -0.2) is 0 Å². The fourth-order valence-electron chi connectivity index (χ4n) is 5.75. The molecule has 0 aliphatic rings. The minimum Gasteiger partial charge on any atom is -0.466 e. The van der Waals surface area contributed by atoms with E-state index in [2.05, 4.69) is 80.2 Å². The summed E-state index contributed by atoms with van der Waals surface area (Å²) in [5, 5.41) is 0. The minimum atomic E-state index is -0.364. The van der Waals surface area contributed by atoms with E-state index >= 15 is 0 Å². The van der Waals surface area contributed by atoms with Gasteiger partial charge in [-0.05, 0) is 95.2 Å². The molecule has 0 radical (unpaired) electrons. The molecular formula is C46H93NO4. The van der Waals surface area contributed by atoms with E-state index < -0.39 is 0 Å². The molecule has 0 bridgehead atoms. The van der Waals surface area contributed by atoms with Crippen molar-refractivity contribution >= 4 is 11.9 Å². The molecule has 0 aromatic carbocycles.